The van der Waals surface area contributed by atoms with Crippen LogP contribution in [0.5, 0.6) is 0 Å². The first-order chi connectivity index (χ1) is 9.36. The quantitative estimate of drug-likeness (QED) is 0.881. The molecule has 2 unspecified atom stereocenters. The fraction of sp³-hybridized carbons (Fsp3) is 0.800. The third-order valence-corrected chi connectivity index (χ3v) is 4.63. The third kappa shape index (κ3) is 3.00. The molecule has 0 bridgehead atoms. The summed E-state index contributed by atoms with van der Waals surface area (Å²) in [5, 5.41) is 8.14. The van der Waals surface area contributed by atoms with E-state index in [0.29, 0.717) is 6.04 Å². The van der Waals surface area contributed by atoms with Crippen molar-refractivity contribution in [3.8, 4) is 0 Å². The predicted molar refractivity (Wildman–Crippen MR) is 77.0 cm³/mol. The van der Waals surface area contributed by atoms with E-state index in [1.807, 2.05) is 6.20 Å². The topological polar surface area (TPSA) is 33.1 Å². The zero-order chi connectivity index (χ0) is 13.1. The molecule has 2 fully saturated rings. The van der Waals surface area contributed by atoms with Crippen LogP contribution < -0.4 is 5.32 Å². The van der Waals surface area contributed by atoms with Crippen molar-refractivity contribution in [2.24, 2.45) is 0 Å². The van der Waals surface area contributed by atoms with Crippen molar-refractivity contribution in [3.63, 3.8) is 0 Å². The average Bonchev–Trinajstić information content (AvgIpc) is 3.05. The van der Waals surface area contributed by atoms with Gasteiger partial charge in [-0.05, 0) is 51.3 Å². The molecule has 0 aromatic carbocycles. The van der Waals surface area contributed by atoms with E-state index in [0.717, 1.165) is 25.6 Å². The first-order valence-electron chi connectivity index (χ1n) is 7.85. The summed E-state index contributed by atoms with van der Waals surface area (Å²) < 4.78 is 2.14. The van der Waals surface area contributed by atoms with Gasteiger partial charge in [-0.2, -0.15) is 5.10 Å². The minimum atomic E-state index is 0.698. The van der Waals surface area contributed by atoms with Gasteiger partial charge in [0.2, 0.25) is 0 Å². The Morgan fingerprint density at radius 3 is 3.21 bits per heavy atom. The molecular weight excluding hydrogens is 236 g/mol. The number of aryl methyl sites for hydroxylation is 1. The molecule has 1 N–H and O–H groups in total. The van der Waals surface area contributed by atoms with Crippen LogP contribution in [0.1, 0.15) is 44.7 Å². The lowest BCUT2D eigenvalue weighted by molar-refractivity contribution is 0.166. The number of nitrogens with one attached hydrogen (secondary N) is 1. The fourth-order valence-corrected chi connectivity index (χ4v) is 3.58. The largest absolute Gasteiger partial charge is 0.308 e. The first kappa shape index (κ1) is 13.1. The summed E-state index contributed by atoms with van der Waals surface area (Å²) in [5.41, 5.74) is 1.33. The van der Waals surface area contributed by atoms with Crippen LogP contribution in [0.25, 0.3) is 0 Å². The normalized spacial score (nSPS) is 27.6. The van der Waals surface area contributed by atoms with E-state index < -0.39 is 0 Å². The molecule has 2 aliphatic rings. The highest BCUT2D eigenvalue weighted by Crippen LogP contribution is 2.26. The van der Waals surface area contributed by atoms with Gasteiger partial charge in [0.1, 0.15) is 0 Å². The van der Waals surface area contributed by atoms with E-state index in [1.165, 1.54) is 44.5 Å². The van der Waals surface area contributed by atoms with Crippen LogP contribution in [0.2, 0.25) is 0 Å². The van der Waals surface area contributed by atoms with Crippen LogP contribution in [0.4, 0.5) is 0 Å². The molecular formula is C15H26N4. The van der Waals surface area contributed by atoms with Gasteiger partial charge < -0.3 is 10.2 Å². The molecule has 0 radical (unpaired) electrons. The summed E-state index contributed by atoms with van der Waals surface area (Å²) in [6.07, 6.45) is 8.52. The van der Waals surface area contributed by atoms with Crippen LogP contribution in [0.3, 0.4) is 0 Å². The smallest absolute Gasteiger partial charge is 0.0522 e. The van der Waals surface area contributed by atoms with Crippen molar-refractivity contribution in [1.29, 1.82) is 0 Å². The number of hydrogen-bond acceptors (Lipinski definition) is 3. The van der Waals surface area contributed by atoms with Gasteiger partial charge in [-0.15, -0.1) is 0 Å². The Kier molecular flexibility index (Phi) is 4.18. The zero-order valence-electron chi connectivity index (χ0n) is 12.0. The van der Waals surface area contributed by atoms with Gasteiger partial charge in [0.15, 0.2) is 0 Å². The molecule has 0 spiro atoms. The number of nitrogens with zero attached hydrogens (tertiary/aromatic N) is 3. The SMILES string of the molecule is CCCn1nccc1CNC1CCN2CCCC2C1. The van der Waals surface area contributed by atoms with Crippen LogP contribution in [-0.4, -0.2) is 39.9 Å². The lowest BCUT2D eigenvalue weighted by atomic mass is 9.97. The van der Waals surface area contributed by atoms with Crippen molar-refractivity contribution < 1.29 is 0 Å². The molecule has 0 amide bonds. The van der Waals surface area contributed by atoms with Crippen LogP contribution in [0, 0.1) is 0 Å². The Morgan fingerprint density at radius 1 is 1.37 bits per heavy atom. The number of fused-ring (bicyclic) bond motifs is 1. The molecule has 3 heterocycles. The number of aromatic nitrogens is 2. The monoisotopic (exact) mass is 262 g/mol. The minimum Gasteiger partial charge on any atom is -0.308 e. The lowest BCUT2D eigenvalue weighted by Crippen LogP contribution is -2.45. The zero-order valence-corrected chi connectivity index (χ0v) is 12.0. The van der Waals surface area contributed by atoms with Crippen LogP contribution >= 0.6 is 0 Å². The van der Waals surface area contributed by atoms with Gasteiger partial charge in [0.25, 0.3) is 0 Å². The molecule has 1 aromatic heterocycles. The molecule has 2 saturated heterocycles. The Balaban J connectivity index is 1.50. The second-order valence-electron chi connectivity index (χ2n) is 5.98. The summed E-state index contributed by atoms with van der Waals surface area (Å²) in [7, 11) is 0. The Hall–Kier alpha value is -0.870. The molecule has 4 nitrogen and oxygen atoms in total. The van der Waals surface area contributed by atoms with Crippen molar-refractivity contribution in [1.82, 2.24) is 20.0 Å². The number of rotatable bonds is 5. The lowest BCUT2D eigenvalue weighted by Gasteiger charge is -2.35. The molecule has 106 valence electrons. The summed E-state index contributed by atoms with van der Waals surface area (Å²) in [4.78, 5) is 2.68. The maximum absolute atomic E-state index is 4.39. The van der Waals surface area contributed by atoms with E-state index >= 15 is 0 Å². The number of hydrogen-bond donors (Lipinski definition) is 1. The Morgan fingerprint density at radius 2 is 2.32 bits per heavy atom. The third-order valence-electron chi connectivity index (χ3n) is 4.63. The highest BCUT2D eigenvalue weighted by atomic mass is 15.3. The van der Waals surface area contributed by atoms with Gasteiger partial charge in [-0.3, -0.25) is 4.68 Å². The van der Waals surface area contributed by atoms with Crippen LogP contribution in [0.15, 0.2) is 12.3 Å². The summed E-state index contributed by atoms with van der Waals surface area (Å²) in [5.74, 6) is 0. The second kappa shape index (κ2) is 6.06. The highest BCUT2D eigenvalue weighted by molar-refractivity contribution is 5.01. The number of piperidine rings is 1. The molecule has 2 aliphatic heterocycles. The van der Waals surface area contributed by atoms with Gasteiger partial charge in [-0.1, -0.05) is 6.92 Å². The fourth-order valence-electron chi connectivity index (χ4n) is 3.58. The minimum absolute atomic E-state index is 0.698. The van der Waals surface area contributed by atoms with Gasteiger partial charge >= 0.3 is 0 Å². The standard InChI is InChI=1S/C15H26N4/c1-2-8-19-15(5-7-17-19)12-16-13-6-10-18-9-3-4-14(18)11-13/h5,7,13-14,16H,2-4,6,8-12H2,1H3. The molecule has 1 aromatic rings. The predicted octanol–water partition coefficient (Wildman–Crippen LogP) is 2.01. The molecule has 3 rings (SSSR count). The van der Waals surface area contributed by atoms with E-state index in [9.17, 15) is 0 Å². The molecule has 0 saturated carbocycles. The van der Waals surface area contributed by atoms with E-state index in [4.69, 9.17) is 0 Å². The highest BCUT2D eigenvalue weighted by Gasteiger charge is 2.31. The molecule has 2 atom stereocenters. The van der Waals surface area contributed by atoms with Crippen molar-refractivity contribution >= 4 is 0 Å². The summed E-state index contributed by atoms with van der Waals surface area (Å²) in [6.45, 7) is 6.83. The summed E-state index contributed by atoms with van der Waals surface area (Å²) >= 11 is 0. The van der Waals surface area contributed by atoms with Gasteiger partial charge in [0.05, 0.1) is 5.69 Å². The van der Waals surface area contributed by atoms with E-state index in [1.54, 1.807) is 0 Å². The van der Waals surface area contributed by atoms with Gasteiger partial charge in [-0.25, -0.2) is 0 Å². The van der Waals surface area contributed by atoms with Crippen molar-refractivity contribution in [3.05, 3.63) is 18.0 Å². The Bertz CT molecular complexity index is 401. The van der Waals surface area contributed by atoms with E-state index in [-0.39, 0.29) is 0 Å². The van der Waals surface area contributed by atoms with Crippen LogP contribution in [-0.2, 0) is 13.1 Å². The average molecular weight is 262 g/mol. The second-order valence-corrected chi connectivity index (χ2v) is 5.98. The Labute approximate surface area is 116 Å². The molecule has 19 heavy (non-hydrogen) atoms. The molecule has 4 heteroatoms. The molecule has 0 aliphatic carbocycles. The van der Waals surface area contributed by atoms with Crippen molar-refractivity contribution in [2.45, 2.75) is 64.2 Å². The maximum Gasteiger partial charge on any atom is 0.0522 e. The maximum atomic E-state index is 4.39. The summed E-state index contributed by atoms with van der Waals surface area (Å²) in [6, 6.07) is 3.70. The van der Waals surface area contributed by atoms with Crippen molar-refractivity contribution in [2.75, 3.05) is 13.1 Å². The van der Waals surface area contributed by atoms with E-state index in [2.05, 4.69) is 33.0 Å². The first-order valence-corrected chi connectivity index (χ1v) is 7.85. The van der Waals surface area contributed by atoms with Gasteiger partial charge in [0, 0.05) is 31.4 Å².